The molecule has 0 fully saturated rings. The number of nitrogens with zero attached hydrogens (tertiary/aromatic N) is 1. The maximum Gasteiger partial charge on any atom is 1.00 e. The van der Waals surface area contributed by atoms with Crippen LogP contribution in [0.5, 0.6) is 0 Å². The number of hydrogen-bond acceptors (Lipinski definition) is 1. The maximum atomic E-state index is 3.54. The van der Waals surface area contributed by atoms with Gasteiger partial charge in [0.25, 0.3) is 0 Å². The monoisotopic (exact) mass is 130 g/mol. The third kappa shape index (κ3) is 1.24. The minimum Gasteiger partial charge on any atom is -0.467 e. The largest absolute Gasteiger partial charge is 1.00 e. The molecular weight excluding hydrogens is 128 g/mol. The van der Waals surface area contributed by atoms with Gasteiger partial charge in [-0.25, -0.2) is 0 Å². The summed E-state index contributed by atoms with van der Waals surface area (Å²) in [7, 11) is 0. The predicted molar refractivity (Wildman–Crippen MR) is 17.4 cm³/mol. The molecule has 0 saturated carbocycles. The Balaban J connectivity index is 0.000000250. The molecule has 2 nitrogen and oxygen atoms in total. The number of imidazole rings is 1. The Morgan fingerprint density at radius 3 is 2.67 bits per heavy atom. The minimum atomic E-state index is 0. The maximum absolute atomic E-state index is 3.54. The standard InChI is InChI=1S/C3H3N2.Cu/c1-2-5-3-4-1;/h1-2H,(H,4,5);/q-1;+1. The molecule has 6 heavy (non-hydrogen) atoms. The van der Waals surface area contributed by atoms with Crippen molar-refractivity contribution in [3.05, 3.63) is 18.7 Å². The molecule has 0 radical (unpaired) electrons. The molecule has 0 saturated heterocycles. The molecule has 36 valence electrons. The van der Waals surface area contributed by atoms with Crippen LogP contribution in [0.2, 0.25) is 0 Å². The first-order valence-corrected chi connectivity index (χ1v) is 1.35. The van der Waals surface area contributed by atoms with Crippen LogP contribution in [-0.4, -0.2) is 9.97 Å². The van der Waals surface area contributed by atoms with E-state index >= 15 is 0 Å². The van der Waals surface area contributed by atoms with Gasteiger partial charge in [-0.1, -0.05) is 0 Å². The number of aromatic amines is 1. The van der Waals surface area contributed by atoms with Gasteiger partial charge in [0.1, 0.15) is 0 Å². The molecule has 0 spiro atoms. The van der Waals surface area contributed by atoms with Gasteiger partial charge in [-0.15, -0.1) is 12.4 Å². The number of H-pyrrole nitrogens is 1. The molecule has 0 aliphatic rings. The second kappa shape index (κ2) is 2.94. The number of nitrogens with one attached hydrogen (secondary N) is 1. The average molecular weight is 131 g/mol. The van der Waals surface area contributed by atoms with Crippen molar-refractivity contribution in [1.29, 1.82) is 0 Å². The zero-order chi connectivity index (χ0) is 3.54. The number of aromatic nitrogens is 2. The van der Waals surface area contributed by atoms with Crippen LogP contribution >= 0.6 is 0 Å². The Labute approximate surface area is 46.5 Å². The van der Waals surface area contributed by atoms with Gasteiger partial charge in [0.05, 0.1) is 0 Å². The molecule has 1 N–H and O–H groups in total. The van der Waals surface area contributed by atoms with Crippen molar-refractivity contribution in [2.45, 2.75) is 0 Å². The van der Waals surface area contributed by atoms with Gasteiger partial charge < -0.3 is 9.97 Å². The van der Waals surface area contributed by atoms with Crippen molar-refractivity contribution >= 4 is 0 Å². The normalized spacial score (nSPS) is 6.67. The van der Waals surface area contributed by atoms with Gasteiger partial charge in [-0.3, -0.25) is 0 Å². The Morgan fingerprint density at radius 1 is 1.67 bits per heavy atom. The van der Waals surface area contributed by atoms with E-state index in [2.05, 4.69) is 16.3 Å². The van der Waals surface area contributed by atoms with E-state index in [4.69, 9.17) is 0 Å². The molecule has 0 atom stereocenters. The second-order valence-corrected chi connectivity index (χ2v) is 0.701. The molecule has 3 heteroatoms. The van der Waals surface area contributed by atoms with Crippen molar-refractivity contribution in [3.8, 4) is 0 Å². The van der Waals surface area contributed by atoms with Gasteiger partial charge in [0, 0.05) is 0 Å². The van der Waals surface area contributed by atoms with Crippen molar-refractivity contribution in [2.75, 3.05) is 0 Å². The summed E-state index contributed by atoms with van der Waals surface area (Å²) >= 11 is 0. The summed E-state index contributed by atoms with van der Waals surface area (Å²) in [4.78, 5) is 6.17. The zero-order valence-corrected chi connectivity index (χ0v) is 3.85. The Bertz CT molecular complexity index is 65.3. The summed E-state index contributed by atoms with van der Waals surface area (Å²) in [6.45, 7) is 0. The second-order valence-electron chi connectivity index (χ2n) is 0.701. The first-order valence-electron chi connectivity index (χ1n) is 1.35. The molecule has 0 bridgehead atoms. The summed E-state index contributed by atoms with van der Waals surface area (Å²) in [6.07, 6.45) is 5.83. The van der Waals surface area contributed by atoms with Crippen LogP contribution in [0.1, 0.15) is 0 Å². The van der Waals surface area contributed by atoms with Crippen molar-refractivity contribution in [2.24, 2.45) is 0 Å². The molecule has 1 heterocycles. The first kappa shape index (κ1) is 5.73. The molecule has 0 unspecified atom stereocenters. The molecule has 0 aromatic carbocycles. The van der Waals surface area contributed by atoms with E-state index in [1.54, 1.807) is 12.4 Å². The fourth-order valence-corrected chi connectivity index (χ4v) is 0.186. The molecule has 1 rings (SSSR count). The smallest absolute Gasteiger partial charge is 0.467 e. The Hall–Kier alpha value is -0.271. The fraction of sp³-hybridized carbons (Fsp3) is 0. The summed E-state index contributed by atoms with van der Waals surface area (Å²) in [5.41, 5.74) is 0. The van der Waals surface area contributed by atoms with E-state index in [1.807, 2.05) is 0 Å². The molecule has 0 aliphatic carbocycles. The van der Waals surface area contributed by atoms with Gasteiger partial charge in [-0.05, 0) is 6.33 Å². The van der Waals surface area contributed by atoms with Crippen LogP contribution in [-0.2, 0) is 17.1 Å². The zero-order valence-electron chi connectivity index (χ0n) is 2.90. The summed E-state index contributed by atoms with van der Waals surface area (Å²) in [5.74, 6) is 0. The predicted octanol–water partition coefficient (Wildman–Crippen LogP) is 0.207. The quantitative estimate of drug-likeness (QED) is 0.395. The van der Waals surface area contributed by atoms with E-state index in [0.29, 0.717) is 0 Å². The summed E-state index contributed by atoms with van der Waals surface area (Å²) < 4.78 is 0. The van der Waals surface area contributed by atoms with Crippen LogP contribution in [0, 0.1) is 6.33 Å². The summed E-state index contributed by atoms with van der Waals surface area (Å²) in [5, 5.41) is 0. The average Bonchev–Trinajstić information content (AvgIpc) is 1.76. The number of hydrogen-bond donors (Lipinski definition) is 1. The topological polar surface area (TPSA) is 28.7 Å². The van der Waals surface area contributed by atoms with E-state index < -0.39 is 0 Å². The van der Waals surface area contributed by atoms with Crippen LogP contribution in [0.15, 0.2) is 12.4 Å². The number of rotatable bonds is 0. The van der Waals surface area contributed by atoms with E-state index in [-0.39, 0.29) is 17.1 Å². The fourth-order valence-electron chi connectivity index (χ4n) is 0.186. The third-order valence-corrected chi connectivity index (χ3v) is 0.362. The van der Waals surface area contributed by atoms with Gasteiger partial charge in [0.15, 0.2) is 0 Å². The van der Waals surface area contributed by atoms with E-state index in [1.165, 1.54) is 0 Å². The summed E-state index contributed by atoms with van der Waals surface area (Å²) in [6, 6.07) is 0. The molecule has 1 aromatic heterocycles. The van der Waals surface area contributed by atoms with Crippen molar-refractivity contribution in [1.82, 2.24) is 9.97 Å². The molecule has 0 aliphatic heterocycles. The van der Waals surface area contributed by atoms with Crippen molar-refractivity contribution < 1.29 is 17.1 Å². The Kier molecular flexibility index (Phi) is 2.81. The van der Waals surface area contributed by atoms with Gasteiger partial charge in [-0.2, -0.15) is 0 Å². The van der Waals surface area contributed by atoms with Crippen LogP contribution in [0.25, 0.3) is 0 Å². The SMILES string of the molecule is [Cu+].[c-]1ncc[nH]1. The van der Waals surface area contributed by atoms with Crippen LogP contribution in [0.3, 0.4) is 0 Å². The van der Waals surface area contributed by atoms with Crippen molar-refractivity contribution in [3.63, 3.8) is 0 Å². The van der Waals surface area contributed by atoms with Crippen LogP contribution < -0.4 is 0 Å². The molecule has 0 amide bonds. The van der Waals surface area contributed by atoms with Crippen LogP contribution in [0.4, 0.5) is 0 Å². The van der Waals surface area contributed by atoms with Gasteiger partial charge >= 0.3 is 17.1 Å². The molecule has 1 aromatic rings. The van der Waals surface area contributed by atoms with E-state index in [9.17, 15) is 0 Å². The van der Waals surface area contributed by atoms with Gasteiger partial charge in [0.2, 0.25) is 0 Å². The van der Waals surface area contributed by atoms with E-state index in [0.717, 1.165) is 0 Å². The molecular formula is C3H3CuN2. The first-order chi connectivity index (χ1) is 2.50. The Morgan fingerprint density at radius 2 is 2.50 bits per heavy atom. The minimum absolute atomic E-state index is 0. The third-order valence-electron chi connectivity index (χ3n) is 0.362.